The zero-order valence-corrected chi connectivity index (χ0v) is 20.3. The summed E-state index contributed by atoms with van der Waals surface area (Å²) in [5.74, 6) is -0.0614. The van der Waals surface area contributed by atoms with Gasteiger partial charge in [0.25, 0.3) is 0 Å². The van der Waals surface area contributed by atoms with Crippen LogP contribution in [0.2, 0.25) is 4.82 Å². The molecule has 3 atom stereocenters. The molecule has 31 heavy (non-hydrogen) atoms. The van der Waals surface area contributed by atoms with E-state index < -0.39 is 23.8 Å². The third-order valence-corrected chi connectivity index (χ3v) is 7.20. The van der Waals surface area contributed by atoms with Crippen molar-refractivity contribution in [3.8, 4) is 0 Å². The number of likely N-dealkylation sites (tertiary alicyclic amines) is 1. The van der Waals surface area contributed by atoms with Crippen LogP contribution >= 0.6 is 0 Å². The molecule has 0 saturated carbocycles. The summed E-state index contributed by atoms with van der Waals surface area (Å²) in [6.07, 6.45) is -0.975. The summed E-state index contributed by atoms with van der Waals surface area (Å²) in [5.41, 5.74) is -0.683. The van der Waals surface area contributed by atoms with Gasteiger partial charge in [-0.25, -0.2) is 0 Å². The number of aliphatic hydroxyl groups is 1. The second-order valence-corrected chi connectivity index (χ2v) is 11.0. The molecule has 1 saturated heterocycles. The number of aliphatic hydroxyl groups excluding tert-OH is 1. The summed E-state index contributed by atoms with van der Waals surface area (Å²) in [6, 6.07) is 9.30. The normalized spacial score (nSPS) is 18.8. The Bertz CT molecular complexity index is 695. The van der Waals surface area contributed by atoms with E-state index in [1.54, 1.807) is 27.9 Å². The van der Waals surface area contributed by atoms with Crippen LogP contribution in [0, 0.1) is 0 Å². The molecule has 1 aliphatic rings. The van der Waals surface area contributed by atoms with E-state index >= 15 is 0 Å². The van der Waals surface area contributed by atoms with E-state index in [4.69, 9.17) is 18.9 Å². The number of ketones is 1. The number of hydrogen-bond acceptors (Lipinski definition) is 7. The monoisotopic (exact) mass is 503 g/mol. The Morgan fingerprint density at radius 1 is 1.26 bits per heavy atom. The third-order valence-electron chi connectivity index (χ3n) is 4.54. The van der Waals surface area contributed by atoms with Gasteiger partial charge in [-0.2, -0.15) is 0 Å². The maximum atomic E-state index is 12.8. The first-order chi connectivity index (χ1) is 14.7. The molecule has 2 rings (SSSR count). The van der Waals surface area contributed by atoms with Crippen LogP contribution in [0.1, 0.15) is 27.2 Å². The molecule has 0 bridgehead atoms. The molecule has 1 fully saturated rings. The third kappa shape index (κ3) is 8.52. The predicted octanol–water partition coefficient (Wildman–Crippen LogP) is 1.38. The Balaban J connectivity index is 2.21. The second kappa shape index (κ2) is 12.5. The Morgan fingerprint density at radius 2 is 1.97 bits per heavy atom. The van der Waals surface area contributed by atoms with E-state index in [1.165, 1.54) is 4.90 Å². The topological polar surface area (TPSA) is 94.5 Å². The standard InChI is InChI=1S/C22H33NO7Se/c1-22(2,3)30-21(26)23-13-16(25)12-18(23)20(29-15-28-11-10-27-4)19(14-24)31-17-8-6-5-7-9-17/h5-9,18-20,24H,10-15H2,1-4H3/t18-,19?,20+/m0/s1. The number of benzene rings is 1. The summed E-state index contributed by atoms with van der Waals surface area (Å²) in [4.78, 5) is 26.3. The second-order valence-electron chi connectivity index (χ2n) is 8.22. The van der Waals surface area contributed by atoms with Crippen LogP contribution in [0.15, 0.2) is 30.3 Å². The predicted molar refractivity (Wildman–Crippen MR) is 117 cm³/mol. The van der Waals surface area contributed by atoms with Gasteiger partial charge in [0.1, 0.15) is 0 Å². The average Bonchev–Trinajstić information content (AvgIpc) is 3.10. The summed E-state index contributed by atoms with van der Waals surface area (Å²) in [7, 11) is 1.58. The van der Waals surface area contributed by atoms with Crippen LogP contribution in [0.25, 0.3) is 0 Å². The zero-order valence-electron chi connectivity index (χ0n) is 18.6. The van der Waals surface area contributed by atoms with Crippen LogP contribution in [0.5, 0.6) is 0 Å². The van der Waals surface area contributed by atoms with Gasteiger partial charge in [0.05, 0.1) is 0 Å². The molecule has 174 valence electrons. The Morgan fingerprint density at radius 3 is 2.58 bits per heavy atom. The van der Waals surface area contributed by atoms with Gasteiger partial charge in [0, 0.05) is 0 Å². The molecule has 1 aliphatic heterocycles. The number of rotatable bonds is 11. The van der Waals surface area contributed by atoms with E-state index in [-0.39, 0.29) is 51.9 Å². The number of carbonyl (C=O) groups excluding carboxylic acids is 2. The number of methoxy groups -OCH3 is 1. The number of Topliss-reactive ketones (excluding diaryl/α,β-unsaturated/α-hetero) is 1. The van der Waals surface area contributed by atoms with Crippen molar-refractivity contribution in [3.63, 3.8) is 0 Å². The summed E-state index contributed by atoms with van der Waals surface area (Å²) in [5, 5.41) is 10.2. The molecular formula is C22H33NO7Se. The molecule has 0 aliphatic carbocycles. The summed E-state index contributed by atoms with van der Waals surface area (Å²) in [6.45, 7) is 5.94. The number of amides is 1. The van der Waals surface area contributed by atoms with Crippen molar-refractivity contribution in [2.24, 2.45) is 0 Å². The van der Waals surface area contributed by atoms with Crippen molar-refractivity contribution in [1.29, 1.82) is 0 Å². The van der Waals surface area contributed by atoms with Gasteiger partial charge >= 0.3 is 190 Å². The van der Waals surface area contributed by atoms with E-state index in [0.717, 1.165) is 4.46 Å². The molecule has 8 nitrogen and oxygen atoms in total. The van der Waals surface area contributed by atoms with Crippen molar-refractivity contribution in [2.45, 2.75) is 49.8 Å². The fourth-order valence-corrected chi connectivity index (χ4v) is 5.58. The average molecular weight is 502 g/mol. The van der Waals surface area contributed by atoms with Crippen molar-refractivity contribution >= 4 is 31.3 Å². The zero-order chi connectivity index (χ0) is 22.9. The van der Waals surface area contributed by atoms with Crippen LogP contribution in [0.4, 0.5) is 4.79 Å². The first-order valence-corrected chi connectivity index (χ1v) is 12.1. The number of ether oxygens (including phenoxy) is 4. The quantitative estimate of drug-likeness (QED) is 0.278. The van der Waals surface area contributed by atoms with Crippen molar-refractivity contribution < 1.29 is 33.6 Å². The van der Waals surface area contributed by atoms with Crippen LogP contribution < -0.4 is 4.46 Å². The van der Waals surface area contributed by atoms with Gasteiger partial charge in [-0.3, -0.25) is 0 Å². The molecular weight excluding hydrogens is 469 g/mol. The number of hydrogen-bond donors (Lipinski definition) is 1. The molecule has 0 radical (unpaired) electrons. The minimum atomic E-state index is -0.683. The van der Waals surface area contributed by atoms with E-state index in [0.29, 0.717) is 13.2 Å². The molecule has 1 N–H and O–H groups in total. The van der Waals surface area contributed by atoms with Gasteiger partial charge in [-0.15, -0.1) is 0 Å². The van der Waals surface area contributed by atoms with E-state index in [1.807, 2.05) is 30.3 Å². The molecule has 1 heterocycles. The van der Waals surface area contributed by atoms with E-state index in [9.17, 15) is 14.7 Å². The first-order valence-electron chi connectivity index (χ1n) is 10.3. The van der Waals surface area contributed by atoms with Gasteiger partial charge in [-0.05, 0) is 0 Å². The fraction of sp³-hybridized carbons (Fsp3) is 0.636. The van der Waals surface area contributed by atoms with Crippen molar-refractivity contribution in [2.75, 3.05) is 40.3 Å². The summed E-state index contributed by atoms with van der Waals surface area (Å²) < 4.78 is 23.1. The molecule has 1 unspecified atom stereocenters. The van der Waals surface area contributed by atoms with Crippen LogP contribution in [0.3, 0.4) is 0 Å². The Labute approximate surface area is 190 Å². The summed E-state index contributed by atoms with van der Waals surface area (Å²) >= 11 is -0.140. The van der Waals surface area contributed by atoms with Gasteiger partial charge in [-0.1, -0.05) is 0 Å². The van der Waals surface area contributed by atoms with Crippen LogP contribution in [-0.4, -0.2) is 94.9 Å². The molecule has 1 aromatic rings. The first kappa shape index (κ1) is 25.8. The van der Waals surface area contributed by atoms with Crippen LogP contribution in [-0.2, 0) is 23.7 Å². The number of carbonyl (C=O) groups is 2. The van der Waals surface area contributed by atoms with Gasteiger partial charge in [0.15, 0.2) is 0 Å². The van der Waals surface area contributed by atoms with Crippen molar-refractivity contribution in [3.05, 3.63) is 30.3 Å². The molecule has 0 aromatic heterocycles. The molecule has 1 aromatic carbocycles. The van der Waals surface area contributed by atoms with E-state index in [2.05, 4.69) is 0 Å². The van der Waals surface area contributed by atoms with Gasteiger partial charge in [0.2, 0.25) is 0 Å². The maximum absolute atomic E-state index is 12.8. The number of nitrogens with zero attached hydrogens (tertiary/aromatic N) is 1. The molecule has 0 spiro atoms. The SMILES string of the molecule is COCCOCO[C@@H](C(CO)[Se]c1ccccc1)[C@@H]1CC(=O)CN1C(=O)OC(C)(C)C. The molecule has 9 heteroatoms. The minimum absolute atomic E-state index is 0.0256. The van der Waals surface area contributed by atoms with Crippen molar-refractivity contribution in [1.82, 2.24) is 4.90 Å². The fourth-order valence-electron chi connectivity index (χ4n) is 3.21. The molecule has 1 amide bonds. The Hall–Kier alpha value is -1.48. The Kier molecular flexibility index (Phi) is 10.4. The van der Waals surface area contributed by atoms with Gasteiger partial charge < -0.3 is 0 Å².